The largest absolute Gasteiger partial charge is 0.322 e. The van der Waals surface area contributed by atoms with Gasteiger partial charge in [-0.05, 0) is 42.9 Å². The van der Waals surface area contributed by atoms with Crippen molar-refractivity contribution in [1.29, 1.82) is 0 Å². The number of rotatable bonds is 7. The van der Waals surface area contributed by atoms with Gasteiger partial charge in [-0.1, -0.05) is 37.6 Å². The molecule has 6 nitrogen and oxygen atoms in total. The van der Waals surface area contributed by atoms with E-state index in [1.807, 2.05) is 18.2 Å². The van der Waals surface area contributed by atoms with Crippen LogP contribution in [0.1, 0.15) is 29.8 Å². The van der Waals surface area contributed by atoms with E-state index in [-0.39, 0.29) is 16.3 Å². The van der Waals surface area contributed by atoms with Gasteiger partial charge < -0.3 is 5.32 Å². The standard InChI is InChI=1S/C18H20ClN3O3/c1-3-21(4-2)12-13-6-5-7-15(10-13)20-18(23)16-9-8-14(19)11-17(16)22(24)25/h5-11H,3-4,12H2,1-2H3,(H,20,23). The number of amides is 1. The third kappa shape index (κ3) is 5.01. The zero-order chi connectivity index (χ0) is 18.4. The highest BCUT2D eigenvalue weighted by molar-refractivity contribution is 6.31. The molecule has 0 unspecified atom stereocenters. The first-order valence-corrected chi connectivity index (χ1v) is 8.39. The van der Waals surface area contributed by atoms with Gasteiger partial charge in [0, 0.05) is 23.3 Å². The summed E-state index contributed by atoms with van der Waals surface area (Å²) in [7, 11) is 0. The molecule has 2 rings (SSSR count). The lowest BCUT2D eigenvalue weighted by atomic mass is 10.1. The van der Waals surface area contributed by atoms with Crippen molar-refractivity contribution in [2.45, 2.75) is 20.4 Å². The van der Waals surface area contributed by atoms with Crippen molar-refractivity contribution in [1.82, 2.24) is 4.90 Å². The van der Waals surface area contributed by atoms with Crippen LogP contribution in [0.4, 0.5) is 11.4 Å². The summed E-state index contributed by atoms with van der Waals surface area (Å²) in [5, 5.41) is 14.1. The first-order chi connectivity index (χ1) is 11.9. The Bertz CT molecular complexity index is 776. The number of benzene rings is 2. The molecule has 0 saturated heterocycles. The van der Waals surface area contributed by atoms with Crippen molar-refractivity contribution < 1.29 is 9.72 Å². The molecule has 2 aromatic rings. The van der Waals surface area contributed by atoms with E-state index in [1.165, 1.54) is 18.2 Å². The summed E-state index contributed by atoms with van der Waals surface area (Å²) >= 11 is 5.78. The Balaban J connectivity index is 2.20. The number of nitrogens with zero attached hydrogens (tertiary/aromatic N) is 2. The molecule has 0 fully saturated rings. The van der Waals surface area contributed by atoms with Crippen LogP contribution in [0.15, 0.2) is 42.5 Å². The lowest BCUT2D eigenvalue weighted by Crippen LogP contribution is -2.22. The van der Waals surface area contributed by atoms with Crippen LogP contribution in [-0.4, -0.2) is 28.8 Å². The number of carbonyl (C=O) groups excluding carboxylic acids is 1. The topological polar surface area (TPSA) is 75.5 Å². The number of nitro groups is 1. The van der Waals surface area contributed by atoms with Crippen LogP contribution in [0.5, 0.6) is 0 Å². The van der Waals surface area contributed by atoms with Crippen molar-refractivity contribution >= 4 is 28.9 Å². The second-order valence-electron chi connectivity index (χ2n) is 5.53. The van der Waals surface area contributed by atoms with Crippen LogP contribution < -0.4 is 5.32 Å². The molecule has 132 valence electrons. The monoisotopic (exact) mass is 361 g/mol. The van der Waals surface area contributed by atoms with E-state index >= 15 is 0 Å². The lowest BCUT2D eigenvalue weighted by Gasteiger charge is -2.18. The molecule has 0 aliphatic rings. The highest BCUT2D eigenvalue weighted by Gasteiger charge is 2.20. The van der Waals surface area contributed by atoms with Gasteiger partial charge in [0.15, 0.2) is 0 Å². The zero-order valence-corrected chi connectivity index (χ0v) is 14.9. The highest BCUT2D eigenvalue weighted by atomic mass is 35.5. The van der Waals surface area contributed by atoms with Crippen molar-refractivity contribution in [3.05, 3.63) is 68.7 Å². The van der Waals surface area contributed by atoms with Crippen LogP contribution in [0, 0.1) is 10.1 Å². The van der Waals surface area contributed by atoms with Crippen LogP contribution in [-0.2, 0) is 6.54 Å². The van der Waals surface area contributed by atoms with Crippen LogP contribution in [0.25, 0.3) is 0 Å². The van der Waals surface area contributed by atoms with Gasteiger partial charge in [0.1, 0.15) is 5.56 Å². The molecule has 1 amide bonds. The van der Waals surface area contributed by atoms with Crippen LogP contribution in [0.3, 0.4) is 0 Å². The molecule has 0 aliphatic heterocycles. The molecule has 7 heteroatoms. The summed E-state index contributed by atoms with van der Waals surface area (Å²) in [6, 6.07) is 11.5. The van der Waals surface area contributed by atoms with E-state index in [1.54, 1.807) is 6.07 Å². The minimum atomic E-state index is -0.614. The van der Waals surface area contributed by atoms with Gasteiger partial charge >= 0.3 is 0 Å². The Morgan fingerprint density at radius 1 is 1.20 bits per heavy atom. The molecule has 0 aliphatic carbocycles. The second-order valence-corrected chi connectivity index (χ2v) is 5.97. The van der Waals surface area contributed by atoms with Gasteiger partial charge in [-0.2, -0.15) is 0 Å². The molecule has 0 radical (unpaired) electrons. The molecular weight excluding hydrogens is 342 g/mol. The van der Waals surface area contributed by atoms with E-state index in [9.17, 15) is 14.9 Å². The number of carbonyl (C=O) groups is 1. The fraction of sp³-hybridized carbons (Fsp3) is 0.278. The van der Waals surface area contributed by atoms with Crippen molar-refractivity contribution in [3.63, 3.8) is 0 Å². The number of halogens is 1. The van der Waals surface area contributed by atoms with Crippen molar-refractivity contribution in [2.24, 2.45) is 0 Å². The number of anilines is 1. The molecular formula is C18H20ClN3O3. The maximum atomic E-state index is 12.4. The summed E-state index contributed by atoms with van der Waals surface area (Å²) in [6.07, 6.45) is 0. The first kappa shape index (κ1) is 18.9. The minimum absolute atomic E-state index is 0.0245. The van der Waals surface area contributed by atoms with Crippen molar-refractivity contribution in [2.75, 3.05) is 18.4 Å². The molecule has 0 bridgehead atoms. The summed E-state index contributed by atoms with van der Waals surface area (Å²) in [5.74, 6) is -0.539. The second kappa shape index (κ2) is 8.60. The van der Waals surface area contributed by atoms with Gasteiger partial charge in [-0.15, -0.1) is 0 Å². The fourth-order valence-corrected chi connectivity index (χ4v) is 2.67. The van der Waals surface area contributed by atoms with Gasteiger partial charge in [0.25, 0.3) is 11.6 Å². The Morgan fingerprint density at radius 3 is 2.56 bits per heavy atom. The van der Waals surface area contributed by atoms with E-state index in [4.69, 9.17) is 11.6 Å². The smallest absolute Gasteiger partial charge is 0.283 e. The van der Waals surface area contributed by atoms with Gasteiger partial charge in [0.2, 0.25) is 0 Å². The van der Waals surface area contributed by atoms with Gasteiger partial charge in [-0.25, -0.2) is 0 Å². The molecule has 25 heavy (non-hydrogen) atoms. The van der Waals surface area contributed by atoms with E-state index in [2.05, 4.69) is 24.1 Å². The molecule has 0 atom stereocenters. The van der Waals surface area contributed by atoms with E-state index in [0.717, 1.165) is 25.2 Å². The first-order valence-electron chi connectivity index (χ1n) is 8.01. The van der Waals surface area contributed by atoms with Gasteiger partial charge in [0.05, 0.1) is 4.92 Å². The van der Waals surface area contributed by atoms with E-state index < -0.39 is 10.8 Å². The van der Waals surface area contributed by atoms with Gasteiger partial charge in [-0.3, -0.25) is 19.8 Å². The minimum Gasteiger partial charge on any atom is -0.322 e. The summed E-state index contributed by atoms with van der Waals surface area (Å²) < 4.78 is 0. The van der Waals surface area contributed by atoms with Crippen LogP contribution in [0.2, 0.25) is 5.02 Å². The normalized spacial score (nSPS) is 10.7. The van der Waals surface area contributed by atoms with E-state index in [0.29, 0.717) is 5.69 Å². The maximum absolute atomic E-state index is 12.4. The van der Waals surface area contributed by atoms with Crippen molar-refractivity contribution in [3.8, 4) is 0 Å². The highest BCUT2D eigenvalue weighted by Crippen LogP contribution is 2.24. The maximum Gasteiger partial charge on any atom is 0.283 e. The molecule has 0 aromatic heterocycles. The Hall–Kier alpha value is -2.44. The zero-order valence-electron chi connectivity index (χ0n) is 14.2. The quantitative estimate of drug-likeness (QED) is 0.587. The Kier molecular flexibility index (Phi) is 6.50. The molecule has 1 N–H and O–H groups in total. The third-order valence-corrected chi connectivity index (χ3v) is 4.12. The SMILES string of the molecule is CCN(CC)Cc1cccc(NC(=O)c2ccc(Cl)cc2[N+](=O)[O-])c1. The average Bonchev–Trinajstić information content (AvgIpc) is 2.59. The summed E-state index contributed by atoms with van der Waals surface area (Å²) in [6.45, 7) is 6.83. The molecule has 2 aromatic carbocycles. The Morgan fingerprint density at radius 2 is 1.92 bits per heavy atom. The molecule has 0 heterocycles. The molecule has 0 saturated carbocycles. The summed E-state index contributed by atoms with van der Waals surface area (Å²) in [4.78, 5) is 25.2. The number of nitro benzene ring substituents is 1. The average molecular weight is 362 g/mol. The number of hydrogen-bond acceptors (Lipinski definition) is 4. The Labute approximate surface area is 151 Å². The third-order valence-electron chi connectivity index (χ3n) is 3.89. The fourth-order valence-electron chi connectivity index (χ4n) is 2.50. The summed E-state index contributed by atoms with van der Waals surface area (Å²) in [5.41, 5.74) is 1.32. The van der Waals surface area contributed by atoms with Crippen LogP contribution >= 0.6 is 11.6 Å². The lowest BCUT2D eigenvalue weighted by molar-refractivity contribution is -0.385. The number of hydrogen-bond donors (Lipinski definition) is 1. The predicted molar refractivity (Wildman–Crippen MR) is 99.1 cm³/mol. The predicted octanol–water partition coefficient (Wildman–Crippen LogP) is 4.34. The number of nitrogens with one attached hydrogen (secondary N) is 1. The molecule has 0 spiro atoms.